The first-order chi connectivity index (χ1) is 16.3. The lowest BCUT2D eigenvalue weighted by Crippen LogP contribution is -2.55. The van der Waals surface area contributed by atoms with Gasteiger partial charge in [-0.3, -0.25) is 18.6 Å². The Labute approximate surface area is 203 Å². The normalized spacial score (nSPS) is 28.9. The van der Waals surface area contributed by atoms with Gasteiger partial charge in [0.05, 0.1) is 5.52 Å². The summed E-state index contributed by atoms with van der Waals surface area (Å²) in [5, 5.41) is 14.1. The Morgan fingerprint density at radius 1 is 1.15 bits per heavy atom. The molecule has 4 aliphatic rings. The van der Waals surface area contributed by atoms with Crippen molar-refractivity contribution >= 4 is 33.2 Å². The maximum atomic E-state index is 13.0. The quantitative estimate of drug-likeness (QED) is 0.542. The third-order valence-electron chi connectivity index (χ3n) is 8.78. The highest BCUT2D eigenvalue weighted by Gasteiger charge is 2.53. The first-order valence-corrected chi connectivity index (χ1v) is 13.8. The van der Waals surface area contributed by atoms with E-state index in [1.165, 1.54) is 49.9 Å². The van der Waals surface area contributed by atoms with Crippen molar-refractivity contribution in [1.82, 2.24) is 24.5 Å². The van der Waals surface area contributed by atoms with Crippen LogP contribution in [0.15, 0.2) is 16.2 Å². The van der Waals surface area contributed by atoms with Crippen molar-refractivity contribution in [3.05, 3.63) is 27.6 Å². The molecule has 7 rings (SSSR count). The number of aromatic nitrogens is 4. The maximum absolute atomic E-state index is 13.0. The minimum atomic E-state index is -0.00714. The van der Waals surface area contributed by atoms with Crippen LogP contribution in [0.3, 0.4) is 0 Å². The van der Waals surface area contributed by atoms with Gasteiger partial charge in [0.15, 0.2) is 0 Å². The van der Waals surface area contributed by atoms with Gasteiger partial charge in [0.2, 0.25) is 11.7 Å². The van der Waals surface area contributed by atoms with Gasteiger partial charge in [-0.05, 0) is 86.0 Å². The number of amides is 1. The first kappa shape index (κ1) is 22.3. The van der Waals surface area contributed by atoms with Crippen LogP contribution in [0.1, 0.15) is 71.5 Å². The molecule has 1 N–H and O–H groups in total. The van der Waals surface area contributed by atoms with Crippen molar-refractivity contribution in [2.45, 2.75) is 84.7 Å². The van der Waals surface area contributed by atoms with Gasteiger partial charge in [-0.15, -0.1) is 21.5 Å². The number of hydrogen-bond donors (Lipinski definition) is 1. The molecule has 0 saturated heterocycles. The fourth-order valence-electron chi connectivity index (χ4n) is 7.67. The number of nitrogens with one attached hydrogen (secondary N) is 1. The van der Waals surface area contributed by atoms with Crippen LogP contribution in [0, 0.1) is 29.1 Å². The van der Waals surface area contributed by atoms with E-state index in [0.717, 1.165) is 29.1 Å². The molecule has 0 aliphatic heterocycles. The van der Waals surface area contributed by atoms with Crippen LogP contribution in [0.2, 0.25) is 0 Å². The number of thiophene rings is 1. The van der Waals surface area contributed by atoms with Crippen molar-refractivity contribution in [2.75, 3.05) is 0 Å². The van der Waals surface area contributed by atoms with Gasteiger partial charge in [0.1, 0.15) is 10.5 Å². The number of rotatable bonds is 7. The minimum absolute atomic E-state index is 0.00714. The summed E-state index contributed by atoms with van der Waals surface area (Å²) in [6, 6.07) is 2.18. The molecule has 0 spiro atoms. The lowest BCUT2D eigenvalue weighted by molar-refractivity contribution is -0.125. The third-order valence-corrected chi connectivity index (χ3v) is 9.68. The van der Waals surface area contributed by atoms with Gasteiger partial charge in [-0.25, -0.2) is 0 Å². The molecule has 4 bridgehead atoms. The van der Waals surface area contributed by atoms with E-state index in [4.69, 9.17) is 0 Å². The highest BCUT2D eigenvalue weighted by molar-refractivity contribution is 7.17. The molecule has 182 valence electrons. The summed E-state index contributed by atoms with van der Waals surface area (Å²) in [6.07, 6.45) is 9.00. The number of hydrogen-bond acceptors (Lipinski definition) is 5. The molecule has 3 heterocycles. The Morgan fingerprint density at radius 3 is 2.47 bits per heavy atom. The van der Waals surface area contributed by atoms with E-state index in [0.29, 0.717) is 41.2 Å². The SMILES string of the molecule is CC(C)Cn1c(=O)c2sccc2n2c(CCC(=O)N[C@@H](C)C34CC5CC(CC(C5)C3)C4)nnc12. The summed E-state index contributed by atoms with van der Waals surface area (Å²) in [4.78, 5) is 26.1. The Kier molecular flexibility index (Phi) is 5.35. The lowest BCUT2D eigenvalue weighted by atomic mass is 9.48. The zero-order valence-corrected chi connectivity index (χ0v) is 21.2. The van der Waals surface area contributed by atoms with Crippen LogP contribution in [0.5, 0.6) is 0 Å². The zero-order chi connectivity index (χ0) is 23.6. The van der Waals surface area contributed by atoms with Gasteiger partial charge in [-0.1, -0.05) is 13.8 Å². The van der Waals surface area contributed by atoms with Crippen molar-refractivity contribution in [2.24, 2.45) is 29.1 Å². The molecule has 1 atom stereocenters. The number of aryl methyl sites for hydroxylation is 1. The summed E-state index contributed by atoms with van der Waals surface area (Å²) in [7, 11) is 0. The van der Waals surface area contributed by atoms with Crippen molar-refractivity contribution < 1.29 is 4.79 Å². The molecule has 1 amide bonds. The van der Waals surface area contributed by atoms with Gasteiger partial charge in [0, 0.05) is 25.4 Å². The Morgan fingerprint density at radius 2 is 1.82 bits per heavy atom. The number of carbonyl (C=O) groups excluding carboxylic acids is 1. The molecule has 0 aromatic carbocycles. The molecule has 34 heavy (non-hydrogen) atoms. The number of nitrogens with zero attached hydrogens (tertiary/aromatic N) is 4. The van der Waals surface area contributed by atoms with Crippen LogP contribution >= 0.6 is 11.3 Å². The van der Waals surface area contributed by atoms with Crippen LogP contribution < -0.4 is 10.9 Å². The topological polar surface area (TPSA) is 81.3 Å². The maximum Gasteiger partial charge on any atom is 0.272 e. The van der Waals surface area contributed by atoms with Crippen LogP contribution in [0.4, 0.5) is 0 Å². The number of carbonyl (C=O) groups is 1. The second-order valence-corrected chi connectivity index (χ2v) is 12.7. The molecule has 4 saturated carbocycles. The van der Waals surface area contributed by atoms with Crippen molar-refractivity contribution in [3.63, 3.8) is 0 Å². The molecule has 7 nitrogen and oxygen atoms in total. The standard InChI is InChI=1S/C26H35N5O2S/c1-15(2)14-30-24(33)23-20(6-7-34-23)31-21(28-29-25(30)31)4-5-22(32)27-16(3)26-11-17-8-18(12-26)10-19(9-17)13-26/h6-7,15-19H,4-5,8-14H2,1-3H3,(H,27,32)/t16-,17?,18?,19?,26?/m0/s1. The molecular weight excluding hydrogens is 446 g/mol. The summed E-state index contributed by atoms with van der Waals surface area (Å²) < 4.78 is 4.43. The molecule has 3 aromatic heterocycles. The number of fused-ring (bicyclic) bond motifs is 3. The van der Waals surface area contributed by atoms with Gasteiger partial charge in [-0.2, -0.15) is 0 Å². The average Bonchev–Trinajstić information content (AvgIpc) is 3.41. The van der Waals surface area contributed by atoms with Crippen LogP contribution in [-0.2, 0) is 17.8 Å². The van der Waals surface area contributed by atoms with Crippen LogP contribution in [0.25, 0.3) is 16.0 Å². The van der Waals surface area contributed by atoms with E-state index in [9.17, 15) is 9.59 Å². The average molecular weight is 482 g/mol. The minimum Gasteiger partial charge on any atom is -0.353 e. The summed E-state index contributed by atoms with van der Waals surface area (Å²) in [5.41, 5.74) is 1.14. The van der Waals surface area contributed by atoms with E-state index in [2.05, 4.69) is 36.3 Å². The monoisotopic (exact) mass is 481 g/mol. The molecular formula is C26H35N5O2S. The highest BCUT2D eigenvalue weighted by Crippen LogP contribution is 2.61. The fraction of sp³-hybridized carbons (Fsp3) is 0.692. The van der Waals surface area contributed by atoms with Gasteiger partial charge >= 0.3 is 0 Å². The lowest BCUT2D eigenvalue weighted by Gasteiger charge is -2.59. The Balaban J connectivity index is 1.20. The summed E-state index contributed by atoms with van der Waals surface area (Å²) in [5.74, 6) is 4.36. The van der Waals surface area contributed by atoms with Crippen molar-refractivity contribution in [1.29, 1.82) is 0 Å². The largest absolute Gasteiger partial charge is 0.353 e. The second kappa shape index (κ2) is 8.18. The zero-order valence-electron chi connectivity index (χ0n) is 20.4. The molecule has 3 aromatic rings. The van der Waals surface area contributed by atoms with E-state index in [-0.39, 0.29) is 17.5 Å². The Hall–Kier alpha value is -2.22. The van der Waals surface area contributed by atoms with E-state index in [1.807, 2.05) is 15.8 Å². The van der Waals surface area contributed by atoms with E-state index < -0.39 is 0 Å². The highest BCUT2D eigenvalue weighted by atomic mass is 32.1. The Bertz CT molecular complexity index is 1270. The molecule has 8 heteroatoms. The fourth-order valence-corrected chi connectivity index (χ4v) is 8.50. The predicted octanol–water partition coefficient (Wildman–Crippen LogP) is 4.42. The summed E-state index contributed by atoms with van der Waals surface area (Å²) >= 11 is 1.45. The van der Waals surface area contributed by atoms with Gasteiger partial charge < -0.3 is 5.32 Å². The predicted molar refractivity (Wildman–Crippen MR) is 134 cm³/mol. The van der Waals surface area contributed by atoms with E-state index >= 15 is 0 Å². The van der Waals surface area contributed by atoms with E-state index in [1.54, 1.807) is 4.57 Å². The molecule has 4 aliphatic carbocycles. The molecule has 4 fully saturated rings. The van der Waals surface area contributed by atoms with Crippen molar-refractivity contribution in [3.8, 4) is 0 Å². The second-order valence-electron chi connectivity index (χ2n) is 11.8. The van der Waals surface area contributed by atoms with Gasteiger partial charge in [0.25, 0.3) is 5.56 Å². The third kappa shape index (κ3) is 3.60. The summed E-state index contributed by atoms with van der Waals surface area (Å²) in [6.45, 7) is 7.01. The molecule has 0 radical (unpaired) electrons. The molecule has 0 unspecified atom stereocenters. The first-order valence-electron chi connectivity index (χ1n) is 13.0. The smallest absolute Gasteiger partial charge is 0.272 e. The van der Waals surface area contributed by atoms with Crippen LogP contribution in [-0.4, -0.2) is 31.1 Å².